The monoisotopic (exact) mass is 756 g/mol. The average molecular weight is 757 g/mol. The molecule has 0 aromatic heterocycles. The van der Waals surface area contributed by atoms with E-state index < -0.39 is 0 Å². The fraction of sp³-hybridized carbons (Fsp3) is 0.0370. The third kappa shape index (κ3) is 5.85. The minimum absolute atomic E-state index is 0.210. The molecule has 36 heavy (non-hydrogen) atoms. The quantitative estimate of drug-likeness (QED) is 0.164. The van der Waals surface area contributed by atoms with E-state index in [2.05, 4.69) is 85.8 Å². The Hall–Kier alpha value is -1.79. The van der Waals surface area contributed by atoms with E-state index in [1.807, 2.05) is 30.3 Å². The molecule has 0 atom stereocenters. The van der Waals surface area contributed by atoms with Crippen molar-refractivity contribution in [3.63, 3.8) is 0 Å². The molecule has 1 saturated heterocycles. The highest BCUT2D eigenvalue weighted by atomic mass is 127. The molecule has 0 spiro atoms. The smallest absolute Gasteiger partial charge is 0.264 e. The summed E-state index contributed by atoms with van der Waals surface area (Å²) in [6.07, 6.45) is 1.85. The van der Waals surface area contributed by atoms with Crippen molar-refractivity contribution >= 4 is 114 Å². The number of benzene rings is 4. The number of rotatable bonds is 5. The summed E-state index contributed by atoms with van der Waals surface area (Å²) in [4.78, 5) is 17.5. The minimum atomic E-state index is -0.210. The Balaban J connectivity index is 1.32. The van der Waals surface area contributed by atoms with E-state index in [-0.39, 0.29) is 5.91 Å². The van der Waals surface area contributed by atoms with Crippen LogP contribution in [0.3, 0.4) is 0 Å². The number of nitrogens with one attached hydrogen (secondary N) is 1. The van der Waals surface area contributed by atoms with Crippen LogP contribution in [-0.2, 0) is 11.4 Å². The largest absolute Gasteiger partial charge is 0.487 e. The number of nitrogens with zero attached hydrogens (tertiary/aromatic N) is 1. The molecule has 1 aliphatic rings. The molecule has 0 unspecified atom stereocenters. The van der Waals surface area contributed by atoms with Gasteiger partial charge in [-0.1, -0.05) is 65.7 Å². The van der Waals surface area contributed by atoms with Crippen LogP contribution in [0.4, 0.5) is 5.69 Å². The Bertz CT molecular complexity index is 1550. The fourth-order valence-corrected chi connectivity index (χ4v) is 6.91. The number of thioether (sulfide) groups is 1. The van der Waals surface area contributed by atoms with Crippen molar-refractivity contribution in [3.05, 3.63) is 106 Å². The molecule has 1 aliphatic heterocycles. The summed E-state index contributed by atoms with van der Waals surface area (Å²) in [6.45, 7) is 0.474. The molecule has 1 amide bonds. The highest BCUT2D eigenvalue weighted by Gasteiger charge is 2.24. The third-order valence-electron chi connectivity index (χ3n) is 5.32. The van der Waals surface area contributed by atoms with Crippen LogP contribution in [0.25, 0.3) is 16.8 Å². The van der Waals surface area contributed by atoms with E-state index in [0.29, 0.717) is 32.4 Å². The van der Waals surface area contributed by atoms with E-state index >= 15 is 0 Å². The van der Waals surface area contributed by atoms with Crippen molar-refractivity contribution in [2.45, 2.75) is 6.61 Å². The third-order valence-corrected chi connectivity index (χ3v) is 8.64. The second kappa shape index (κ2) is 11.3. The van der Waals surface area contributed by atoms with Gasteiger partial charge in [-0.15, -0.1) is 0 Å². The van der Waals surface area contributed by atoms with E-state index in [1.54, 1.807) is 18.2 Å². The molecule has 0 saturated carbocycles. The zero-order valence-electron chi connectivity index (χ0n) is 18.4. The summed E-state index contributed by atoms with van der Waals surface area (Å²) in [7, 11) is 0. The Kier molecular flexibility index (Phi) is 8.11. The van der Waals surface area contributed by atoms with Crippen LogP contribution in [0.15, 0.2) is 82.7 Å². The summed E-state index contributed by atoms with van der Waals surface area (Å²) >= 11 is 18.1. The first-order valence-electron chi connectivity index (χ1n) is 10.7. The van der Waals surface area contributed by atoms with Gasteiger partial charge < -0.3 is 10.1 Å². The Morgan fingerprint density at radius 1 is 0.944 bits per heavy atom. The van der Waals surface area contributed by atoms with Crippen LogP contribution >= 0.6 is 80.1 Å². The van der Waals surface area contributed by atoms with Crippen LogP contribution in [0.2, 0.25) is 10.0 Å². The van der Waals surface area contributed by atoms with Gasteiger partial charge >= 0.3 is 0 Å². The summed E-state index contributed by atoms with van der Waals surface area (Å²) in [5.74, 6) is 0.617. The number of amidine groups is 1. The standard InChI is InChI=1S/C27H16Cl2I2N2O2S/c28-19-6-3-7-22(24(19)29)32-27-33-26(34)23(36-27)13-16-11-20(30)25(21(31)12-16)35-14-15-8-9-17-4-1-2-5-18(17)10-15/h1-13H,14H2,(H,32,33,34)/b23-13+. The van der Waals surface area contributed by atoms with Crippen molar-refractivity contribution < 1.29 is 9.53 Å². The molecule has 180 valence electrons. The van der Waals surface area contributed by atoms with Gasteiger partial charge in [-0.2, -0.15) is 0 Å². The van der Waals surface area contributed by atoms with Gasteiger partial charge in [-0.3, -0.25) is 4.79 Å². The van der Waals surface area contributed by atoms with Crippen molar-refractivity contribution in [3.8, 4) is 5.75 Å². The number of halogens is 4. The van der Waals surface area contributed by atoms with Crippen LogP contribution < -0.4 is 10.1 Å². The Morgan fingerprint density at radius 2 is 1.69 bits per heavy atom. The van der Waals surface area contributed by atoms with Gasteiger partial charge in [0.2, 0.25) is 0 Å². The van der Waals surface area contributed by atoms with Crippen LogP contribution in [0.5, 0.6) is 5.75 Å². The fourth-order valence-electron chi connectivity index (χ4n) is 3.60. The molecular formula is C27H16Cl2I2N2O2S. The topological polar surface area (TPSA) is 50.7 Å². The van der Waals surface area contributed by atoms with Gasteiger partial charge in [0.25, 0.3) is 5.91 Å². The lowest BCUT2D eigenvalue weighted by molar-refractivity contribution is -0.115. The first kappa shape index (κ1) is 25.8. The van der Waals surface area contributed by atoms with E-state index in [1.165, 1.54) is 22.5 Å². The summed E-state index contributed by atoms with van der Waals surface area (Å²) in [6, 6.07) is 23.8. The number of hydrogen-bond donors (Lipinski definition) is 1. The molecule has 9 heteroatoms. The van der Waals surface area contributed by atoms with Crippen molar-refractivity contribution in [2.75, 3.05) is 0 Å². The van der Waals surface area contributed by atoms with Crippen LogP contribution in [0.1, 0.15) is 11.1 Å². The molecular weight excluding hydrogens is 741 g/mol. The molecule has 1 N–H and O–H groups in total. The van der Waals surface area contributed by atoms with Gasteiger partial charge in [-0.05, 0) is 115 Å². The number of carbonyl (C=O) groups is 1. The second-order valence-electron chi connectivity index (χ2n) is 7.84. The zero-order chi connectivity index (χ0) is 25.2. The number of ether oxygens (including phenoxy) is 1. The molecule has 0 aliphatic carbocycles. The molecule has 0 bridgehead atoms. The predicted octanol–water partition coefficient (Wildman–Crippen LogP) is 8.83. The molecule has 5 rings (SSSR count). The average Bonchev–Trinajstić information content (AvgIpc) is 3.19. The van der Waals surface area contributed by atoms with E-state index in [4.69, 9.17) is 27.9 Å². The normalized spacial score (nSPS) is 15.6. The lowest BCUT2D eigenvalue weighted by Crippen LogP contribution is -2.19. The predicted molar refractivity (Wildman–Crippen MR) is 167 cm³/mol. The lowest BCUT2D eigenvalue weighted by atomic mass is 10.1. The van der Waals surface area contributed by atoms with Crippen LogP contribution in [-0.4, -0.2) is 11.1 Å². The molecule has 4 aromatic carbocycles. The Morgan fingerprint density at radius 3 is 2.47 bits per heavy atom. The van der Waals surface area contributed by atoms with Crippen molar-refractivity contribution in [1.82, 2.24) is 5.32 Å². The van der Waals surface area contributed by atoms with Gasteiger partial charge in [-0.25, -0.2) is 4.99 Å². The van der Waals surface area contributed by atoms with Gasteiger partial charge in [0.05, 0.1) is 27.8 Å². The zero-order valence-corrected chi connectivity index (χ0v) is 25.0. The van der Waals surface area contributed by atoms with Crippen molar-refractivity contribution in [1.29, 1.82) is 0 Å². The second-order valence-corrected chi connectivity index (χ2v) is 12.0. The van der Waals surface area contributed by atoms with Gasteiger partial charge in [0, 0.05) is 0 Å². The summed E-state index contributed by atoms with van der Waals surface area (Å²) in [5, 5.41) is 6.40. The first-order chi connectivity index (χ1) is 17.4. The highest BCUT2D eigenvalue weighted by molar-refractivity contribution is 14.1. The molecule has 1 heterocycles. The molecule has 0 radical (unpaired) electrons. The lowest BCUT2D eigenvalue weighted by Gasteiger charge is -2.12. The SMILES string of the molecule is O=C1NC(=Nc2cccc(Cl)c2Cl)S/C1=C/c1cc(I)c(OCc2ccc3ccccc3c2)c(I)c1. The number of fused-ring (bicyclic) bond motifs is 1. The highest BCUT2D eigenvalue weighted by Crippen LogP contribution is 2.36. The maximum atomic E-state index is 12.6. The van der Waals surface area contributed by atoms with Crippen molar-refractivity contribution in [2.24, 2.45) is 4.99 Å². The molecule has 4 aromatic rings. The Labute approximate surface area is 249 Å². The maximum Gasteiger partial charge on any atom is 0.264 e. The number of hydrogen-bond acceptors (Lipinski definition) is 4. The number of carbonyl (C=O) groups excluding carboxylic acids is 1. The minimum Gasteiger partial charge on any atom is -0.487 e. The van der Waals surface area contributed by atoms with E-state index in [9.17, 15) is 4.79 Å². The molecule has 4 nitrogen and oxygen atoms in total. The maximum absolute atomic E-state index is 12.6. The van der Waals surface area contributed by atoms with Crippen LogP contribution in [0, 0.1) is 7.14 Å². The number of amides is 1. The van der Waals surface area contributed by atoms with Gasteiger partial charge in [0.15, 0.2) is 5.17 Å². The van der Waals surface area contributed by atoms with Gasteiger partial charge in [0.1, 0.15) is 12.4 Å². The molecule has 1 fully saturated rings. The number of aliphatic imine (C=N–C) groups is 1. The first-order valence-corrected chi connectivity index (χ1v) is 14.4. The summed E-state index contributed by atoms with van der Waals surface area (Å²) < 4.78 is 8.13. The summed E-state index contributed by atoms with van der Waals surface area (Å²) in [5.41, 5.74) is 2.52. The van der Waals surface area contributed by atoms with E-state index in [0.717, 1.165) is 24.0 Å².